The topological polar surface area (TPSA) is 111 Å². The van der Waals surface area contributed by atoms with Crippen LogP contribution in [0.2, 0.25) is 0 Å². The highest BCUT2D eigenvalue weighted by molar-refractivity contribution is 6.13. The average Bonchev–Trinajstić information content (AvgIpc) is 2.79. The Hall–Kier alpha value is -4.33. The van der Waals surface area contributed by atoms with Crippen LogP contribution in [0, 0.1) is 10.1 Å². The number of nitro benzene ring substituents is 1. The Morgan fingerprint density at radius 2 is 1.42 bits per heavy atom. The Balaban J connectivity index is 1.62. The van der Waals surface area contributed by atoms with E-state index in [-0.39, 0.29) is 17.7 Å². The molecule has 0 saturated carbocycles. The van der Waals surface area contributed by atoms with Gasteiger partial charge in [-0.1, -0.05) is 78.9 Å². The second-order valence-electron chi connectivity index (χ2n) is 6.45. The van der Waals surface area contributed by atoms with Gasteiger partial charge in [-0.15, -0.1) is 0 Å². The van der Waals surface area contributed by atoms with Crippen LogP contribution >= 0.6 is 0 Å². The lowest BCUT2D eigenvalue weighted by atomic mass is 10.0. The lowest BCUT2D eigenvalue weighted by Gasteiger charge is -2.08. The van der Waals surface area contributed by atoms with E-state index in [0.29, 0.717) is 5.71 Å². The van der Waals surface area contributed by atoms with E-state index >= 15 is 0 Å². The highest BCUT2D eigenvalue weighted by Gasteiger charge is 2.17. The van der Waals surface area contributed by atoms with Crippen LogP contribution in [0.3, 0.4) is 0 Å². The van der Waals surface area contributed by atoms with Crippen molar-refractivity contribution in [2.24, 2.45) is 5.10 Å². The van der Waals surface area contributed by atoms with Crippen molar-refractivity contribution in [1.82, 2.24) is 5.43 Å². The normalized spacial score (nSPS) is 10.1. The van der Waals surface area contributed by atoms with Gasteiger partial charge in [0.1, 0.15) is 0 Å². The molecule has 31 heavy (non-hydrogen) atoms. The monoisotopic (exact) mass is 417 g/mol. The fourth-order valence-electron chi connectivity index (χ4n) is 2.83. The largest absolute Gasteiger partial charge is 0.455 e. The Labute approximate surface area is 178 Å². The highest BCUT2D eigenvalue weighted by Crippen LogP contribution is 2.18. The molecule has 3 aromatic carbocycles. The highest BCUT2D eigenvalue weighted by atomic mass is 16.6. The minimum Gasteiger partial charge on any atom is -0.455 e. The zero-order valence-corrected chi connectivity index (χ0v) is 16.4. The smallest absolute Gasteiger partial charge is 0.311 e. The molecule has 0 heterocycles. The molecule has 0 aromatic heterocycles. The number of hydrogen-bond acceptors (Lipinski definition) is 6. The number of benzene rings is 3. The quantitative estimate of drug-likeness (QED) is 0.262. The summed E-state index contributed by atoms with van der Waals surface area (Å²) < 4.78 is 4.94. The molecule has 8 nitrogen and oxygen atoms in total. The first-order chi connectivity index (χ1) is 15.0. The maximum Gasteiger partial charge on any atom is 0.311 e. The van der Waals surface area contributed by atoms with Crippen LogP contribution < -0.4 is 5.43 Å². The number of hydrogen-bond donors (Lipinski definition) is 1. The van der Waals surface area contributed by atoms with Crippen LogP contribution in [0.1, 0.15) is 16.7 Å². The van der Waals surface area contributed by atoms with Gasteiger partial charge in [-0.25, -0.2) is 5.43 Å². The number of para-hydroxylation sites is 1. The fraction of sp³-hybridized carbons (Fsp3) is 0.0870. The second-order valence-corrected chi connectivity index (χ2v) is 6.45. The Morgan fingerprint density at radius 1 is 0.871 bits per heavy atom. The van der Waals surface area contributed by atoms with Gasteiger partial charge in [0, 0.05) is 22.8 Å². The van der Waals surface area contributed by atoms with Crippen LogP contribution in [-0.2, 0) is 20.7 Å². The summed E-state index contributed by atoms with van der Waals surface area (Å²) in [5, 5.41) is 15.2. The van der Waals surface area contributed by atoms with Gasteiger partial charge in [-0.3, -0.25) is 19.7 Å². The zero-order chi connectivity index (χ0) is 22.1. The Kier molecular flexibility index (Phi) is 7.21. The van der Waals surface area contributed by atoms with E-state index in [1.165, 1.54) is 18.2 Å². The molecule has 0 spiro atoms. The van der Waals surface area contributed by atoms with E-state index in [0.717, 1.165) is 11.1 Å². The predicted molar refractivity (Wildman–Crippen MR) is 114 cm³/mol. The first-order valence-electron chi connectivity index (χ1n) is 9.40. The summed E-state index contributed by atoms with van der Waals surface area (Å²) >= 11 is 0. The zero-order valence-electron chi connectivity index (χ0n) is 16.4. The van der Waals surface area contributed by atoms with Crippen LogP contribution in [0.15, 0.2) is 90.0 Å². The van der Waals surface area contributed by atoms with Gasteiger partial charge in [0.25, 0.3) is 11.6 Å². The Morgan fingerprint density at radius 3 is 2.00 bits per heavy atom. The molecule has 1 amide bonds. The van der Waals surface area contributed by atoms with Crippen molar-refractivity contribution in [3.05, 3.63) is 112 Å². The maximum atomic E-state index is 12.1. The van der Waals surface area contributed by atoms with Gasteiger partial charge in [-0.2, -0.15) is 5.10 Å². The average molecular weight is 417 g/mol. The number of rotatable bonds is 8. The third-order valence-corrected chi connectivity index (χ3v) is 4.27. The number of hydrazone groups is 1. The van der Waals surface area contributed by atoms with Crippen LogP contribution in [0.25, 0.3) is 0 Å². The standard InChI is InChI=1S/C23H19N3O5/c27-21(16-31-22(28)15-19-13-7-8-14-20(19)26(29)30)24-25-23(17-9-3-1-4-10-17)18-11-5-2-6-12-18/h1-14H,15-16H2,(H,24,27). The molecule has 0 bridgehead atoms. The van der Waals surface area contributed by atoms with Gasteiger partial charge in [-0.05, 0) is 0 Å². The first-order valence-corrected chi connectivity index (χ1v) is 9.40. The van der Waals surface area contributed by atoms with Crippen molar-refractivity contribution >= 4 is 23.3 Å². The number of nitrogens with zero attached hydrogens (tertiary/aromatic N) is 2. The molecule has 0 aliphatic carbocycles. The van der Waals surface area contributed by atoms with E-state index in [2.05, 4.69) is 10.5 Å². The third kappa shape index (κ3) is 6.07. The van der Waals surface area contributed by atoms with E-state index in [1.54, 1.807) is 6.07 Å². The maximum absolute atomic E-state index is 12.1. The van der Waals surface area contributed by atoms with Gasteiger partial charge < -0.3 is 4.74 Å². The van der Waals surface area contributed by atoms with Crippen LogP contribution in [0.4, 0.5) is 5.69 Å². The molecule has 0 aliphatic rings. The van der Waals surface area contributed by atoms with E-state index < -0.39 is 23.4 Å². The molecule has 0 fully saturated rings. The Bertz CT molecular complexity index is 1060. The SMILES string of the molecule is O=C(COC(=O)Cc1ccccc1[N+](=O)[O-])NN=C(c1ccccc1)c1ccccc1. The lowest BCUT2D eigenvalue weighted by molar-refractivity contribution is -0.385. The molecule has 3 rings (SSSR count). The van der Waals surface area contributed by atoms with E-state index in [1.807, 2.05) is 60.7 Å². The number of carbonyl (C=O) groups excluding carboxylic acids is 2. The predicted octanol–water partition coefficient (Wildman–Crippen LogP) is 3.25. The molecule has 3 aromatic rings. The van der Waals surface area contributed by atoms with Gasteiger partial charge in [0.2, 0.25) is 0 Å². The van der Waals surface area contributed by atoms with Crippen molar-refractivity contribution in [3.63, 3.8) is 0 Å². The number of esters is 1. The summed E-state index contributed by atoms with van der Waals surface area (Å²) in [6.45, 7) is -0.556. The first kappa shape index (κ1) is 21.4. The third-order valence-electron chi connectivity index (χ3n) is 4.27. The summed E-state index contributed by atoms with van der Waals surface area (Å²) in [5.74, 6) is -1.37. The molecule has 0 saturated heterocycles. The van der Waals surface area contributed by atoms with Gasteiger partial charge in [0.15, 0.2) is 6.61 Å². The van der Waals surface area contributed by atoms with Crippen LogP contribution in [-0.4, -0.2) is 29.1 Å². The molecule has 0 aliphatic heterocycles. The fourth-order valence-corrected chi connectivity index (χ4v) is 2.83. The summed E-state index contributed by atoms with van der Waals surface area (Å²) in [6, 6.07) is 24.5. The molecule has 8 heteroatoms. The molecular weight excluding hydrogens is 398 g/mol. The summed E-state index contributed by atoms with van der Waals surface area (Å²) in [7, 11) is 0. The molecule has 0 unspecified atom stereocenters. The van der Waals surface area contributed by atoms with Gasteiger partial charge in [0.05, 0.1) is 17.1 Å². The number of nitro groups is 1. The molecular formula is C23H19N3O5. The number of carbonyl (C=O) groups is 2. The van der Waals surface area contributed by atoms with Gasteiger partial charge >= 0.3 is 5.97 Å². The minimum absolute atomic E-state index is 0.177. The van der Waals surface area contributed by atoms with Crippen molar-refractivity contribution in [2.75, 3.05) is 6.61 Å². The lowest BCUT2D eigenvalue weighted by Crippen LogP contribution is -2.26. The molecule has 0 radical (unpaired) electrons. The molecule has 1 N–H and O–H groups in total. The molecule has 156 valence electrons. The van der Waals surface area contributed by atoms with Crippen molar-refractivity contribution in [3.8, 4) is 0 Å². The number of amides is 1. The number of nitrogens with one attached hydrogen (secondary N) is 1. The summed E-state index contributed by atoms with van der Waals surface area (Å²) in [6.07, 6.45) is -0.313. The van der Waals surface area contributed by atoms with Crippen molar-refractivity contribution < 1.29 is 19.2 Å². The summed E-state index contributed by atoms with van der Waals surface area (Å²) in [4.78, 5) is 34.6. The minimum atomic E-state index is -0.750. The van der Waals surface area contributed by atoms with E-state index in [4.69, 9.17) is 4.74 Å². The van der Waals surface area contributed by atoms with Crippen molar-refractivity contribution in [1.29, 1.82) is 0 Å². The van der Waals surface area contributed by atoms with E-state index in [9.17, 15) is 19.7 Å². The van der Waals surface area contributed by atoms with Crippen LogP contribution in [0.5, 0.6) is 0 Å². The number of ether oxygens (including phenoxy) is 1. The molecule has 0 atom stereocenters. The summed E-state index contributed by atoms with van der Waals surface area (Å²) in [5.41, 5.74) is 4.60. The second kappa shape index (κ2) is 10.4. The van der Waals surface area contributed by atoms with Crippen molar-refractivity contribution in [2.45, 2.75) is 6.42 Å².